The largest absolute Gasteiger partial charge is 0.369 e. The van der Waals surface area contributed by atoms with Crippen LogP contribution < -0.4 is 10.6 Å². The molecule has 2 N–H and O–H groups in total. The number of benzene rings is 1. The molecular formula is C12H19FN2. The predicted octanol–water partition coefficient (Wildman–Crippen LogP) is 2.39. The maximum Gasteiger partial charge on any atom is 0.146 e. The summed E-state index contributed by atoms with van der Waals surface area (Å²) in [5.74, 6) is -0.163. The Morgan fingerprint density at radius 3 is 2.60 bits per heavy atom. The number of hydrogen-bond donors (Lipinski definition) is 1. The highest BCUT2D eigenvalue weighted by Crippen LogP contribution is 2.18. The molecule has 0 fully saturated rings. The van der Waals surface area contributed by atoms with Crippen LogP contribution in [-0.2, 0) is 0 Å². The normalized spacial score (nSPS) is 12.5. The fourth-order valence-electron chi connectivity index (χ4n) is 1.52. The minimum Gasteiger partial charge on any atom is -0.369 e. The van der Waals surface area contributed by atoms with Gasteiger partial charge in [0.15, 0.2) is 0 Å². The van der Waals surface area contributed by atoms with Gasteiger partial charge in [-0.15, -0.1) is 0 Å². The van der Waals surface area contributed by atoms with E-state index >= 15 is 0 Å². The van der Waals surface area contributed by atoms with Crippen molar-refractivity contribution >= 4 is 5.69 Å². The molecule has 0 aliphatic rings. The van der Waals surface area contributed by atoms with Crippen molar-refractivity contribution in [3.8, 4) is 0 Å². The molecule has 84 valence electrons. The van der Waals surface area contributed by atoms with Gasteiger partial charge in [0.1, 0.15) is 5.82 Å². The van der Waals surface area contributed by atoms with Crippen molar-refractivity contribution in [3.05, 3.63) is 30.1 Å². The highest BCUT2D eigenvalue weighted by molar-refractivity contribution is 5.47. The third kappa shape index (κ3) is 3.51. The standard InChI is InChI=1S/C12H19FN2/c1-3-15(9-8-10(2)14)12-7-5-4-6-11(12)13/h4-7,10H,3,8-9,14H2,1-2H3. The lowest BCUT2D eigenvalue weighted by Gasteiger charge is -2.24. The van der Waals surface area contributed by atoms with Gasteiger partial charge in [0, 0.05) is 19.1 Å². The van der Waals surface area contributed by atoms with Crippen molar-refractivity contribution in [3.63, 3.8) is 0 Å². The number of nitrogens with two attached hydrogens (primary N) is 1. The van der Waals surface area contributed by atoms with Crippen molar-refractivity contribution in [1.82, 2.24) is 0 Å². The monoisotopic (exact) mass is 210 g/mol. The molecule has 1 unspecified atom stereocenters. The molecule has 1 atom stereocenters. The van der Waals surface area contributed by atoms with Gasteiger partial charge in [0.2, 0.25) is 0 Å². The number of halogens is 1. The summed E-state index contributed by atoms with van der Waals surface area (Å²) >= 11 is 0. The molecule has 1 rings (SSSR count). The van der Waals surface area contributed by atoms with Crippen LogP contribution in [0.25, 0.3) is 0 Å². The number of anilines is 1. The Balaban J connectivity index is 2.70. The molecule has 0 aliphatic heterocycles. The third-order valence-corrected chi connectivity index (χ3v) is 2.43. The smallest absolute Gasteiger partial charge is 0.146 e. The van der Waals surface area contributed by atoms with E-state index in [0.717, 1.165) is 19.5 Å². The average molecular weight is 210 g/mol. The summed E-state index contributed by atoms with van der Waals surface area (Å²) in [6.07, 6.45) is 0.877. The second-order valence-electron chi connectivity index (χ2n) is 3.80. The lowest BCUT2D eigenvalue weighted by Crippen LogP contribution is -2.29. The summed E-state index contributed by atoms with van der Waals surface area (Å²) < 4.78 is 13.5. The van der Waals surface area contributed by atoms with Gasteiger partial charge in [0.25, 0.3) is 0 Å². The van der Waals surface area contributed by atoms with Crippen LogP contribution in [0.5, 0.6) is 0 Å². The molecular weight excluding hydrogens is 191 g/mol. The molecule has 1 aromatic carbocycles. The quantitative estimate of drug-likeness (QED) is 0.808. The molecule has 0 saturated carbocycles. The summed E-state index contributed by atoms with van der Waals surface area (Å²) in [7, 11) is 0. The Kier molecular flexibility index (Phi) is 4.56. The van der Waals surface area contributed by atoms with Crippen LogP contribution in [0.4, 0.5) is 10.1 Å². The molecule has 0 aromatic heterocycles. The van der Waals surface area contributed by atoms with E-state index in [-0.39, 0.29) is 11.9 Å². The number of rotatable bonds is 5. The maximum atomic E-state index is 13.5. The Hall–Kier alpha value is -1.09. The maximum absolute atomic E-state index is 13.5. The number of hydrogen-bond acceptors (Lipinski definition) is 2. The second-order valence-corrected chi connectivity index (χ2v) is 3.80. The molecule has 0 radical (unpaired) electrons. The SMILES string of the molecule is CCN(CCC(C)N)c1ccccc1F. The van der Waals surface area contributed by atoms with Gasteiger partial charge in [-0.25, -0.2) is 4.39 Å². The number of para-hydroxylation sites is 1. The molecule has 0 aliphatic carbocycles. The van der Waals surface area contributed by atoms with Crippen LogP contribution in [-0.4, -0.2) is 19.1 Å². The summed E-state index contributed by atoms with van der Waals surface area (Å²) in [6.45, 7) is 5.59. The summed E-state index contributed by atoms with van der Waals surface area (Å²) in [5.41, 5.74) is 6.36. The van der Waals surface area contributed by atoms with Crippen molar-refractivity contribution in [1.29, 1.82) is 0 Å². The van der Waals surface area contributed by atoms with Crippen LogP contribution in [0, 0.1) is 5.82 Å². The average Bonchev–Trinajstić information content (AvgIpc) is 2.21. The molecule has 3 heteroatoms. The summed E-state index contributed by atoms with van der Waals surface area (Å²) in [6, 6.07) is 7.01. The van der Waals surface area contributed by atoms with E-state index in [1.165, 1.54) is 6.07 Å². The Labute approximate surface area is 90.9 Å². The van der Waals surface area contributed by atoms with Crippen LogP contribution in [0.2, 0.25) is 0 Å². The van der Waals surface area contributed by atoms with Crippen molar-refractivity contribution in [2.24, 2.45) is 5.73 Å². The van der Waals surface area contributed by atoms with Crippen LogP contribution >= 0.6 is 0 Å². The van der Waals surface area contributed by atoms with Gasteiger partial charge in [-0.1, -0.05) is 12.1 Å². The molecule has 0 amide bonds. The first kappa shape index (κ1) is 12.0. The Bertz CT molecular complexity index is 299. The van der Waals surface area contributed by atoms with E-state index in [1.807, 2.05) is 24.8 Å². The topological polar surface area (TPSA) is 29.3 Å². The minimum absolute atomic E-state index is 0.158. The summed E-state index contributed by atoms with van der Waals surface area (Å²) in [5, 5.41) is 0. The van der Waals surface area contributed by atoms with E-state index in [9.17, 15) is 4.39 Å². The zero-order valence-corrected chi connectivity index (χ0v) is 9.41. The van der Waals surface area contributed by atoms with Crippen molar-refractivity contribution in [2.45, 2.75) is 26.3 Å². The van der Waals surface area contributed by atoms with Crippen LogP contribution in [0.3, 0.4) is 0 Å². The molecule has 0 bridgehead atoms. The van der Waals surface area contributed by atoms with E-state index in [2.05, 4.69) is 0 Å². The van der Waals surface area contributed by atoms with E-state index in [0.29, 0.717) is 5.69 Å². The van der Waals surface area contributed by atoms with Gasteiger partial charge < -0.3 is 10.6 Å². The fraction of sp³-hybridized carbons (Fsp3) is 0.500. The highest BCUT2D eigenvalue weighted by Gasteiger charge is 2.09. The van der Waals surface area contributed by atoms with Gasteiger partial charge in [-0.3, -0.25) is 0 Å². The first-order valence-corrected chi connectivity index (χ1v) is 5.40. The van der Waals surface area contributed by atoms with Crippen molar-refractivity contribution < 1.29 is 4.39 Å². The highest BCUT2D eigenvalue weighted by atomic mass is 19.1. The van der Waals surface area contributed by atoms with Gasteiger partial charge >= 0.3 is 0 Å². The zero-order valence-electron chi connectivity index (χ0n) is 9.41. The Morgan fingerprint density at radius 2 is 2.07 bits per heavy atom. The summed E-state index contributed by atoms with van der Waals surface area (Å²) in [4.78, 5) is 2.01. The van der Waals surface area contributed by atoms with Crippen LogP contribution in [0.1, 0.15) is 20.3 Å². The lowest BCUT2D eigenvalue weighted by atomic mass is 10.2. The second kappa shape index (κ2) is 5.71. The number of nitrogens with zero attached hydrogens (tertiary/aromatic N) is 1. The van der Waals surface area contributed by atoms with Gasteiger partial charge in [-0.2, -0.15) is 0 Å². The molecule has 15 heavy (non-hydrogen) atoms. The van der Waals surface area contributed by atoms with E-state index in [4.69, 9.17) is 5.73 Å². The minimum atomic E-state index is -0.163. The fourth-order valence-corrected chi connectivity index (χ4v) is 1.52. The van der Waals surface area contributed by atoms with Crippen molar-refractivity contribution in [2.75, 3.05) is 18.0 Å². The third-order valence-electron chi connectivity index (χ3n) is 2.43. The molecule has 0 heterocycles. The molecule has 0 saturated heterocycles. The van der Waals surface area contributed by atoms with Gasteiger partial charge in [0.05, 0.1) is 5.69 Å². The molecule has 2 nitrogen and oxygen atoms in total. The zero-order chi connectivity index (χ0) is 11.3. The van der Waals surface area contributed by atoms with Gasteiger partial charge in [-0.05, 0) is 32.4 Å². The lowest BCUT2D eigenvalue weighted by molar-refractivity contribution is 0.602. The molecule has 1 aromatic rings. The van der Waals surface area contributed by atoms with E-state index < -0.39 is 0 Å². The molecule has 0 spiro atoms. The van der Waals surface area contributed by atoms with Crippen LogP contribution in [0.15, 0.2) is 24.3 Å². The Morgan fingerprint density at radius 1 is 1.40 bits per heavy atom. The predicted molar refractivity (Wildman–Crippen MR) is 62.6 cm³/mol. The van der Waals surface area contributed by atoms with E-state index in [1.54, 1.807) is 12.1 Å². The first-order chi connectivity index (χ1) is 7.15. The first-order valence-electron chi connectivity index (χ1n) is 5.40.